The molecule has 0 aliphatic carbocycles. The Morgan fingerprint density at radius 1 is 1.17 bits per heavy atom. The van der Waals surface area contributed by atoms with Crippen molar-refractivity contribution >= 4 is 16.9 Å². The minimum Gasteiger partial charge on any atom is -0.493 e. The van der Waals surface area contributed by atoms with Crippen molar-refractivity contribution in [1.82, 2.24) is 0 Å². The number of carbonyl (C=O) groups is 1. The van der Waals surface area contributed by atoms with Crippen LogP contribution in [-0.4, -0.2) is 27.3 Å². The maximum Gasteiger partial charge on any atom is 0.338 e. The molecule has 0 N–H and O–H groups in total. The van der Waals surface area contributed by atoms with E-state index in [1.54, 1.807) is 19.1 Å². The Balaban J connectivity index is 2.83. The highest BCUT2D eigenvalue weighted by Gasteiger charge is 2.21. The zero-order valence-electron chi connectivity index (χ0n) is 10.7. The first-order valence-corrected chi connectivity index (χ1v) is 5.35. The van der Waals surface area contributed by atoms with E-state index in [-0.39, 0.29) is 0 Å². The molecule has 0 bridgehead atoms. The van der Waals surface area contributed by atoms with Gasteiger partial charge in [-0.3, -0.25) is 0 Å². The van der Waals surface area contributed by atoms with Gasteiger partial charge < -0.3 is 18.6 Å². The number of hydrogen-bond acceptors (Lipinski definition) is 5. The third-order valence-corrected chi connectivity index (χ3v) is 2.68. The lowest BCUT2D eigenvalue weighted by molar-refractivity contribution is 0.0602. The van der Waals surface area contributed by atoms with Crippen molar-refractivity contribution in [3.8, 4) is 11.5 Å². The van der Waals surface area contributed by atoms with Gasteiger partial charge in [0.2, 0.25) is 5.75 Å². The van der Waals surface area contributed by atoms with Gasteiger partial charge in [-0.1, -0.05) is 0 Å². The number of hydrogen-bond donors (Lipinski definition) is 0. The van der Waals surface area contributed by atoms with Crippen molar-refractivity contribution < 1.29 is 23.4 Å². The van der Waals surface area contributed by atoms with Gasteiger partial charge in [-0.25, -0.2) is 4.79 Å². The summed E-state index contributed by atoms with van der Waals surface area (Å²) in [6.45, 7) is 1.80. The van der Waals surface area contributed by atoms with Crippen LogP contribution in [0.15, 0.2) is 16.5 Å². The predicted octanol–water partition coefficient (Wildman–Crippen LogP) is 2.55. The smallest absolute Gasteiger partial charge is 0.338 e. The maximum atomic E-state index is 11.7. The SMILES string of the molecule is COC(=O)c1cc(OC)c(OC)c2oc(C)cc12. The van der Waals surface area contributed by atoms with Gasteiger partial charge in [0.05, 0.1) is 26.9 Å². The van der Waals surface area contributed by atoms with Crippen LogP contribution in [0.5, 0.6) is 11.5 Å². The van der Waals surface area contributed by atoms with Crippen molar-refractivity contribution in [1.29, 1.82) is 0 Å². The fourth-order valence-corrected chi connectivity index (χ4v) is 1.89. The highest BCUT2D eigenvalue weighted by Crippen LogP contribution is 2.39. The average Bonchev–Trinajstić information content (AvgIpc) is 2.76. The first kappa shape index (κ1) is 12.3. The molecule has 96 valence electrons. The minimum absolute atomic E-state index is 0.391. The lowest BCUT2D eigenvalue weighted by atomic mass is 10.1. The van der Waals surface area contributed by atoms with Crippen molar-refractivity contribution in [3.63, 3.8) is 0 Å². The van der Waals surface area contributed by atoms with E-state index in [0.717, 1.165) is 0 Å². The molecule has 18 heavy (non-hydrogen) atoms. The van der Waals surface area contributed by atoms with Crippen LogP contribution < -0.4 is 9.47 Å². The summed E-state index contributed by atoms with van der Waals surface area (Å²) in [7, 11) is 4.35. The lowest BCUT2D eigenvalue weighted by Gasteiger charge is -2.10. The van der Waals surface area contributed by atoms with E-state index in [2.05, 4.69) is 0 Å². The Morgan fingerprint density at radius 2 is 1.89 bits per heavy atom. The van der Waals surface area contributed by atoms with E-state index in [1.807, 2.05) is 0 Å². The molecule has 1 heterocycles. The Hall–Kier alpha value is -2.17. The van der Waals surface area contributed by atoms with Gasteiger partial charge in [0.1, 0.15) is 5.76 Å². The first-order chi connectivity index (χ1) is 8.62. The summed E-state index contributed by atoms with van der Waals surface area (Å²) in [6.07, 6.45) is 0. The molecule has 5 nitrogen and oxygen atoms in total. The average molecular weight is 250 g/mol. The van der Waals surface area contributed by atoms with Gasteiger partial charge in [0.25, 0.3) is 0 Å². The van der Waals surface area contributed by atoms with Gasteiger partial charge in [-0.05, 0) is 19.1 Å². The van der Waals surface area contributed by atoms with E-state index < -0.39 is 5.97 Å². The second-order valence-electron chi connectivity index (χ2n) is 3.75. The maximum absolute atomic E-state index is 11.7. The minimum atomic E-state index is -0.443. The second-order valence-corrected chi connectivity index (χ2v) is 3.75. The van der Waals surface area contributed by atoms with Gasteiger partial charge >= 0.3 is 5.97 Å². The summed E-state index contributed by atoms with van der Waals surface area (Å²) in [5.41, 5.74) is 0.872. The summed E-state index contributed by atoms with van der Waals surface area (Å²) in [4.78, 5) is 11.7. The van der Waals surface area contributed by atoms with E-state index in [1.165, 1.54) is 21.3 Å². The zero-order valence-corrected chi connectivity index (χ0v) is 10.7. The highest BCUT2D eigenvalue weighted by atomic mass is 16.5. The van der Waals surface area contributed by atoms with E-state index in [4.69, 9.17) is 18.6 Å². The number of carbonyl (C=O) groups excluding carboxylic acids is 1. The normalized spacial score (nSPS) is 10.4. The van der Waals surface area contributed by atoms with Crippen molar-refractivity contribution in [3.05, 3.63) is 23.5 Å². The molecule has 2 rings (SSSR count). The van der Waals surface area contributed by atoms with Crippen LogP contribution >= 0.6 is 0 Å². The topological polar surface area (TPSA) is 57.9 Å². The lowest BCUT2D eigenvalue weighted by Crippen LogP contribution is -2.03. The molecule has 1 aromatic heterocycles. The van der Waals surface area contributed by atoms with Crippen molar-refractivity contribution in [2.24, 2.45) is 0 Å². The number of methoxy groups -OCH3 is 3. The van der Waals surface area contributed by atoms with Crippen molar-refractivity contribution in [2.75, 3.05) is 21.3 Å². The molecule has 0 unspecified atom stereocenters. The van der Waals surface area contributed by atoms with Crippen LogP contribution in [0, 0.1) is 6.92 Å². The molecule has 0 spiro atoms. The van der Waals surface area contributed by atoms with Crippen LogP contribution in [-0.2, 0) is 4.74 Å². The summed E-state index contributed by atoms with van der Waals surface area (Å²) >= 11 is 0. The molecule has 1 aromatic carbocycles. The summed E-state index contributed by atoms with van der Waals surface area (Å²) in [5.74, 6) is 1.14. The standard InChI is InChI=1S/C13H14O5/c1-7-5-8-9(13(14)17-4)6-10(15-2)12(16-3)11(8)18-7/h5-6H,1-4H3. The molecule has 0 radical (unpaired) electrons. The molecule has 5 heteroatoms. The first-order valence-electron chi connectivity index (χ1n) is 5.35. The highest BCUT2D eigenvalue weighted by molar-refractivity contribution is 6.06. The number of furan rings is 1. The number of aryl methyl sites for hydroxylation is 1. The number of esters is 1. The Labute approximate surface area is 104 Å². The van der Waals surface area contributed by atoms with E-state index in [9.17, 15) is 4.79 Å². The number of ether oxygens (including phenoxy) is 3. The van der Waals surface area contributed by atoms with Gasteiger partial charge in [-0.2, -0.15) is 0 Å². The molecule has 0 amide bonds. The van der Waals surface area contributed by atoms with Gasteiger partial charge in [-0.15, -0.1) is 0 Å². The number of fused-ring (bicyclic) bond motifs is 1. The number of benzene rings is 1. The predicted molar refractivity (Wildman–Crippen MR) is 65.4 cm³/mol. The Kier molecular flexibility index (Phi) is 3.14. The molecule has 0 aliphatic rings. The summed E-state index contributed by atoms with van der Waals surface area (Å²) < 4.78 is 20.8. The van der Waals surface area contributed by atoms with Gasteiger partial charge in [0, 0.05) is 5.39 Å². The Morgan fingerprint density at radius 3 is 2.44 bits per heavy atom. The van der Waals surface area contributed by atoms with Crippen LogP contribution in [0.1, 0.15) is 16.1 Å². The third kappa shape index (κ3) is 1.77. The quantitative estimate of drug-likeness (QED) is 0.783. The fraction of sp³-hybridized carbons (Fsp3) is 0.308. The Bertz CT molecular complexity index is 597. The summed E-state index contributed by atoms with van der Waals surface area (Å²) in [6, 6.07) is 3.35. The monoisotopic (exact) mass is 250 g/mol. The molecule has 2 aromatic rings. The second kappa shape index (κ2) is 4.60. The molecule has 0 aliphatic heterocycles. The van der Waals surface area contributed by atoms with E-state index in [0.29, 0.717) is 33.8 Å². The van der Waals surface area contributed by atoms with Gasteiger partial charge in [0.15, 0.2) is 11.3 Å². The third-order valence-electron chi connectivity index (χ3n) is 2.68. The summed E-state index contributed by atoms with van der Waals surface area (Å²) in [5, 5.41) is 0.650. The molecule has 0 atom stereocenters. The molecular formula is C13H14O5. The van der Waals surface area contributed by atoms with Crippen molar-refractivity contribution in [2.45, 2.75) is 6.92 Å². The van der Waals surface area contributed by atoms with Crippen LogP contribution in [0.4, 0.5) is 0 Å². The zero-order chi connectivity index (χ0) is 13.3. The molecular weight excluding hydrogens is 236 g/mol. The molecule has 0 saturated heterocycles. The van der Waals surface area contributed by atoms with Crippen LogP contribution in [0.3, 0.4) is 0 Å². The van der Waals surface area contributed by atoms with Crippen LogP contribution in [0.2, 0.25) is 0 Å². The largest absolute Gasteiger partial charge is 0.493 e. The molecule has 0 fully saturated rings. The number of rotatable bonds is 3. The van der Waals surface area contributed by atoms with Crippen LogP contribution in [0.25, 0.3) is 11.0 Å². The van der Waals surface area contributed by atoms with E-state index >= 15 is 0 Å². The fourth-order valence-electron chi connectivity index (χ4n) is 1.89. The molecule has 0 saturated carbocycles.